The minimum atomic E-state index is -0.189. The van der Waals surface area contributed by atoms with E-state index in [1.807, 2.05) is 42.6 Å². The summed E-state index contributed by atoms with van der Waals surface area (Å²) in [5.74, 6) is 0. The summed E-state index contributed by atoms with van der Waals surface area (Å²) in [6.07, 6.45) is 5.00. The highest BCUT2D eigenvalue weighted by Crippen LogP contribution is 2.22. The highest BCUT2D eigenvalue weighted by atomic mass is 35.5. The van der Waals surface area contributed by atoms with Crippen LogP contribution in [0.2, 0.25) is 10.0 Å². The molecule has 32 heavy (non-hydrogen) atoms. The lowest BCUT2D eigenvalue weighted by molar-refractivity contribution is 0.648. The van der Waals surface area contributed by atoms with Gasteiger partial charge in [-0.1, -0.05) is 52.7 Å². The van der Waals surface area contributed by atoms with E-state index >= 15 is 0 Å². The number of hydrogen-bond donors (Lipinski definition) is 0. The van der Waals surface area contributed by atoms with Crippen LogP contribution in [0.25, 0.3) is 22.2 Å². The maximum absolute atomic E-state index is 13.1. The van der Waals surface area contributed by atoms with E-state index in [4.69, 9.17) is 23.2 Å². The number of rotatable bonds is 5. The largest absolute Gasteiger partial charge is 0.292 e. The molecule has 5 rings (SSSR count). The van der Waals surface area contributed by atoms with Gasteiger partial charge in [-0.3, -0.25) is 9.36 Å². The zero-order chi connectivity index (χ0) is 22.1. The van der Waals surface area contributed by atoms with E-state index in [1.54, 1.807) is 29.1 Å². The molecule has 7 nitrogen and oxygen atoms in total. The molecule has 0 amide bonds. The summed E-state index contributed by atoms with van der Waals surface area (Å²) in [5, 5.41) is 10.1. The molecular weight excluding hydrogens is 447 g/mol. The van der Waals surface area contributed by atoms with Crippen molar-refractivity contribution >= 4 is 34.2 Å². The third-order valence-corrected chi connectivity index (χ3v) is 5.54. The molecule has 0 radical (unpaired) electrons. The first-order valence-corrected chi connectivity index (χ1v) is 10.6. The van der Waals surface area contributed by atoms with Crippen LogP contribution in [0.1, 0.15) is 11.3 Å². The number of nitrogens with zero attached hydrogens (tertiary/aromatic N) is 6. The van der Waals surface area contributed by atoms with Crippen LogP contribution in [0.3, 0.4) is 0 Å². The summed E-state index contributed by atoms with van der Waals surface area (Å²) in [6, 6.07) is 16.7. The predicted octanol–water partition coefficient (Wildman–Crippen LogP) is 4.45. The summed E-state index contributed by atoms with van der Waals surface area (Å²) in [4.78, 5) is 21.8. The minimum Gasteiger partial charge on any atom is -0.292 e. The lowest BCUT2D eigenvalue weighted by atomic mass is 10.1. The maximum Gasteiger partial charge on any atom is 0.263 e. The fourth-order valence-corrected chi connectivity index (χ4v) is 3.65. The summed E-state index contributed by atoms with van der Waals surface area (Å²) in [5.41, 5.74) is 3.66. The molecule has 0 saturated heterocycles. The molecule has 0 saturated carbocycles. The monoisotopic (exact) mass is 462 g/mol. The van der Waals surface area contributed by atoms with Gasteiger partial charge in [0.1, 0.15) is 12.0 Å². The van der Waals surface area contributed by atoms with Gasteiger partial charge in [-0.05, 0) is 41.5 Å². The van der Waals surface area contributed by atoms with Gasteiger partial charge in [0.05, 0.1) is 24.7 Å². The molecule has 0 fully saturated rings. The summed E-state index contributed by atoms with van der Waals surface area (Å²) >= 11 is 11.9. The van der Waals surface area contributed by atoms with Crippen molar-refractivity contribution < 1.29 is 0 Å². The second-order valence-corrected chi connectivity index (χ2v) is 8.19. The molecule has 0 unspecified atom stereocenters. The quantitative estimate of drug-likeness (QED) is 0.385. The molecule has 158 valence electrons. The molecule has 0 aliphatic carbocycles. The highest BCUT2D eigenvalue weighted by Gasteiger charge is 2.10. The topological polar surface area (TPSA) is 78.5 Å². The van der Waals surface area contributed by atoms with E-state index < -0.39 is 0 Å². The standard InChI is InChI=1S/C23H16Cl2N6O/c24-18-5-1-15(2-6-18)11-31-13-20(28-29-31)12-30-14-27-22-21(23(30)32)9-17(10-26-22)16-3-7-19(25)8-4-16/h1-10,13-14H,11-12H2. The van der Waals surface area contributed by atoms with Crippen LogP contribution in [-0.2, 0) is 13.1 Å². The van der Waals surface area contributed by atoms with Gasteiger partial charge in [0, 0.05) is 21.8 Å². The predicted molar refractivity (Wildman–Crippen MR) is 124 cm³/mol. The Morgan fingerprint density at radius 2 is 1.56 bits per heavy atom. The van der Waals surface area contributed by atoms with Crippen molar-refractivity contribution in [3.05, 3.63) is 105 Å². The lowest BCUT2D eigenvalue weighted by Gasteiger charge is -2.06. The zero-order valence-corrected chi connectivity index (χ0v) is 18.2. The van der Waals surface area contributed by atoms with Crippen LogP contribution in [0.15, 0.2) is 78.1 Å². The SMILES string of the molecule is O=c1c2cc(-c3ccc(Cl)cc3)cnc2ncn1Cc1cn(Cc2ccc(Cl)cc2)nn1. The van der Waals surface area contributed by atoms with Gasteiger partial charge >= 0.3 is 0 Å². The Hall–Kier alpha value is -3.55. The average Bonchev–Trinajstić information content (AvgIpc) is 3.24. The number of pyridine rings is 1. The van der Waals surface area contributed by atoms with Crippen molar-refractivity contribution in [1.82, 2.24) is 29.5 Å². The van der Waals surface area contributed by atoms with Crippen molar-refractivity contribution in [3.8, 4) is 11.1 Å². The van der Waals surface area contributed by atoms with Crippen LogP contribution < -0.4 is 5.56 Å². The van der Waals surface area contributed by atoms with Crippen molar-refractivity contribution in [3.63, 3.8) is 0 Å². The van der Waals surface area contributed by atoms with Gasteiger partial charge in [0.2, 0.25) is 0 Å². The van der Waals surface area contributed by atoms with Crippen LogP contribution in [0.5, 0.6) is 0 Å². The van der Waals surface area contributed by atoms with E-state index in [1.165, 1.54) is 10.9 Å². The van der Waals surface area contributed by atoms with Crippen molar-refractivity contribution in [2.45, 2.75) is 13.1 Å². The van der Waals surface area contributed by atoms with Crippen molar-refractivity contribution in [2.75, 3.05) is 0 Å². The third-order valence-electron chi connectivity index (χ3n) is 5.03. The molecule has 0 atom stereocenters. The second kappa shape index (κ2) is 8.53. The Morgan fingerprint density at radius 1 is 0.844 bits per heavy atom. The Labute approximate surface area is 192 Å². The summed E-state index contributed by atoms with van der Waals surface area (Å²) in [6.45, 7) is 0.816. The first-order valence-electron chi connectivity index (χ1n) is 9.80. The summed E-state index contributed by atoms with van der Waals surface area (Å²) < 4.78 is 3.23. The van der Waals surface area contributed by atoms with Gasteiger partial charge in [0.15, 0.2) is 5.65 Å². The molecule has 0 aliphatic rings. The Morgan fingerprint density at radius 3 is 2.31 bits per heavy atom. The highest BCUT2D eigenvalue weighted by molar-refractivity contribution is 6.30. The van der Waals surface area contributed by atoms with Crippen LogP contribution in [0, 0.1) is 0 Å². The van der Waals surface area contributed by atoms with Crippen molar-refractivity contribution in [2.24, 2.45) is 0 Å². The number of aromatic nitrogens is 6. The molecular formula is C23H16Cl2N6O. The van der Waals surface area contributed by atoms with E-state index in [9.17, 15) is 4.79 Å². The maximum atomic E-state index is 13.1. The zero-order valence-electron chi connectivity index (χ0n) is 16.7. The molecule has 0 bridgehead atoms. The van der Waals surface area contributed by atoms with Gasteiger partial charge in [-0.25, -0.2) is 14.6 Å². The smallest absolute Gasteiger partial charge is 0.263 e. The lowest BCUT2D eigenvalue weighted by Crippen LogP contribution is -2.21. The molecule has 2 aromatic carbocycles. The van der Waals surface area contributed by atoms with E-state index in [0.29, 0.717) is 33.3 Å². The number of fused-ring (bicyclic) bond motifs is 1. The molecule has 0 spiro atoms. The third kappa shape index (κ3) is 4.26. The average molecular weight is 463 g/mol. The van der Waals surface area contributed by atoms with E-state index in [0.717, 1.165) is 16.7 Å². The van der Waals surface area contributed by atoms with Crippen LogP contribution >= 0.6 is 23.2 Å². The van der Waals surface area contributed by atoms with Gasteiger partial charge in [-0.15, -0.1) is 5.10 Å². The number of halogens is 2. The molecule has 0 aliphatic heterocycles. The van der Waals surface area contributed by atoms with E-state index in [2.05, 4.69) is 20.3 Å². The fraction of sp³-hybridized carbons (Fsp3) is 0.0870. The molecule has 3 aromatic heterocycles. The van der Waals surface area contributed by atoms with Crippen molar-refractivity contribution in [1.29, 1.82) is 0 Å². The molecule has 5 aromatic rings. The Balaban J connectivity index is 1.41. The molecule has 0 N–H and O–H groups in total. The first-order chi connectivity index (χ1) is 15.5. The van der Waals surface area contributed by atoms with Gasteiger partial charge < -0.3 is 0 Å². The fourth-order valence-electron chi connectivity index (χ4n) is 3.40. The minimum absolute atomic E-state index is 0.189. The molecule has 9 heteroatoms. The second-order valence-electron chi connectivity index (χ2n) is 7.31. The van der Waals surface area contributed by atoms with E-state index in [-0.39, 0.29) is 12.1 Å². The van der Waals surface area contributed by atoms with Gasteiger partial charge in [0.25, 0.3) is 5.56 Å². The first kappa shape index (κ1) is 20.4. The number of benzene rings is 2. The van der Waals surface area contributed by atoms with Crippen LogP contribution in [0.4, 0.5) is 0 Å². The Kier molecular flexibility index (Phi) is 5.43. The summed E-state index contributed by atoms with van der Waals surface area (Å²) in [7, 11) is 0. The Bertz CT molecular complexity index is 1460. The normalized spacial score (nSPS) is 11.2. The van der Waals surface area contributed by atoms with Gasteiger partial charge in [-0.2, -0.15) is 0 Å². The molecule has 3 heterocycles. The van der Waals surface area contributed by atoms with Crippen LogP contribution in [-0.4, -0.2) is 29.5 Å². The number of hydrogen-bond acceptors (Lipinski definition) is 5.